The molecule has 0 atom stereocenters. The number of hydrogen-bond donors (Lipinski definition) is 0. The minimum Gasteiger partial charge on any atom is -0.493 e. The summed E-state index contributed by atoms with van der Waals surface area (Å²) in [5.74, 6) is 1.09. The largest absolute Gasteiger partial charge is 0.493 e. The van der Waals surface area contributed by atoms with Crippen LogP contribution in [0.5, 0.6) is 11.5 Å². The molecule has 104 valence electrons. The van der Waals surface area contributed by atoms with Crippen LogP contribution in [0.15, 0.2) is 40.9 Å². The van der Waals surface area contributed by atoms with Crippen molar-refractivity contribution in [3.8, 4) is 11.5 Å². The van der Waals surface area contributed by atoms with Gasteiger partial charge in [0, 0.05) is 15.1 Å². The third kappa shape index (κ3) is 3.52. The summed E-state index contributed by atoms with van der Waals surface area (Å²) in [5, 5.41) is 0.685. The molecule has 2 aromatic rings. The summed E-state index contributed by atoms with van der Waals surface area (Å²) in [6.45, 7) is 0.389. The Labute approximate surface area is 130 Å². The highest BCUT2D eigenvalue weighted by Gasteiger charge is 2.10. The Balaban J connectivity index is 2.18. The normalized spacial score (nSPS) is 10.2. The number of carbonyl (C=O) groups is 1. The van der Waals surface area contributed by atoms with Gasteiger partial charge in [0.25, 0.3) is 0 Å². The number of aldehydes is 1. The van der Waals surface area contributed by atoms with E-state index in [2.05, 4.69) is 15.9 Å². The maximum absolute atomic E-state index is 10.9. The van der Waals surface area contributed by atoms with Crippen LogP contribution in [0.4, 0.5) is 0 Å². The van der Waals surface area contributed by atoms with Crippen molar-refractivity contribution in [2.75, 3.05) is 7.11 Å². The van der Waals surface area contributed by atoms with Crippen LogP contribution >= 0.6 is 27.5 Å². The van der Waals surface area contributed by atoms with Gasteiger partial charge in [0.2, 0.25) is 0 Å². The van der Waals surface area contributed by atoms with Gasteiger partial charge in [-0.25, -0.2) is 0 Å². The Morgan fingerprint density at radius 2 is 1.90 bits per heavy atom. The minimum atomic E-state index is 0.389. The Morgan fingerprint density at radius 1 is 1.20 bits per heavy atom. The van der Waals surface area contributed by atoms with Crippen LogP contribution in [0.2, 0.25) is 5.02 Å². The molecular weight excluding hydrogens is 344 g/mol. The lowest BCUT2D eigenvalue weighted by Gasteiger charge is -2.12. The monoisotopic (exact) mass is 354 g/mol. The molecular formula is C15H12BrClO3. The van der Waals surface area contributed by atoms with Gasteiger partial charge >= 0.3 is 0 Å². The molecule has 0 aliphatic rings. The molecule has 20 heavy (non-hydrogen) atoms. The molecule has 0 radical (unpaired) electrons. The number of rotatable bonds is 5. The van der Waals surface area contributed by atoms with Crippen molar-refractivity contribution >= 4 is 33.8 Å². The molecule has 0 heterocycles. The molecule has 3 nitrogen and oxygen atoms in total. The third-order valence-corrected chi connectivity index (χ3v) is 3.66. The summed E-state index contributed by atoms with van der Waals surface area (Å²) in [7, 11) is 1.53. The average molecular weight is 356 g/mol. The predicted octanol–water partition coefficient (Wildman–Crippen LogP) is 4.50. The number of halogens is 2. The second-order valence-electron chi connectivity index (χ2n) is 4.06. The van der Waals surface area contributed by atoms with E-state index in [-0.39, 0.29) is 0 Å². The Hall–Kier alpha value is -1.52. The summed E-state index contributed by atoms with van der Waals surface area (Å²) in [6, 6.07) is 10.8. The molecule has 0 amide bonds. The fourth-order valence-electron chi connectivity index (χ4n) is 1.66. The van der Waals surface area contributed by atoms with E-state index in [1.165, 1.54) is 7.11 Å². The first-order valence-electron chi connectivity index (χ1n) is 5.84. The van der Waals surface area contributed by atoms with Crippen molar-refractivity contribution in [3.05, 3.63) is 57.0 Å². The molecule has 0 fully saturated rings. The highest BCUT2D eigenvalue weighted by molar-refractivity contribution is 9.10. The van der Waals surface area contributed by atoms with Gasteiger partial charge in [-0.1, -0.05) is 23.7 Å². The van der Waals surface area contributed by atoms with Crippen LogP contribution in [0.3, 0.4) is 0 Å². The molecule has 0 aliphatic carbocycles. The average Bonchev–Trinajstić information content (AvgIpc) is 2.46. The van der Waals surface area contributed by atoms with Crippen LogP contribution in [0, 0.1) is 0 Å². The fourth-order valence-corrected chi connectivity index (χ4v) is 2.20. The summed E-state index contributed by atoms with van der Waals surface area (Å²) >= 11 is 9.15. The number of carbonyl (C=O) groups excluding carboxylic acids is 1. The fraction of sp³-hybridized carbons (Fsp3) is 0.133. The van der Waals surface area contributed by atoms with Gasteiger partial charge in [0.1, 0.15) is 6.61 Å². The summed E-state index contributed by atoms with van der Waals surface area (Å²) in [6.07, 6.45) is 0.760. The highest BCUT2D eigenvalue weighted by atomic mass is 79.9. The van der Waals surface area contributed by atoms with Crippen molar-refractivity contribution in [2.45, 2.75) is 6.61 Å². The zero-order valence-corrected chi connectivity index (χ0v) is 13.1. The minimum absolute atomic E-state index is 0.389. The first kappa shape index (κ1) is 14.9. The molecule has 0 saturated heterocycles. The van der Waals surface area contributed by atoms with Gasteiger partial charge < -0.3 is 9.47 Å². The number of hydrogen-bond acceptors (Lipinski definition) is 3. The van der Waals surface area contributed by atoms with Gasteiger partial charge in [-0.3, -0.25) is 4.79 Å². The van der Waals surface area contributed by atoms with Gasteiger partial charge in [-0.05, 0) is 45.8 Å². The number of methoxy groups -OCH3 is 1. The Kier molecular flexibility index (Phi) is 5.04. The van der Waals surface area contributed by atoms with Crippen LogP contribution < -0.4 is 9.47 Å². The van der Waals surface area contributed by atoms with E-state index in [9.17, 15) is 4.79 Å². The van der Waals surface area contributed by atoms with E-state index in [1.807, 2.05) is 24.3 Å². The van der Waals surface area contributed by atoms with Crippen molar-refractivity contribution in [1.29, 1.82) is 0 Å². The molecule has 0 unspecified atom stereocenters. The zero-order chi connectivity index (χ0) is 14.5. The van der Waals surface area contributed by atoms with E-state index >= 15 is 0 Å². The SMILES string of the molecule is COc1cc(C=O)c(Br)cc1OCc1ccc(Cl)cc1. The molecule has 0 N–H and O–H groups in total. The lowest BCUT2D eigenvalue weighted by atomic mass is 10.2. The smallest absolute Gasteiger partial charge is 0.162 e. The van der Waals surface area contributed by atoms with Gasteiger partial charge in [-0.15, -0.1) is 0 Å². The molecule has 2 rings (SSSR count). The maximum atomic E-state index is 10.9. The Bertz CT molecular complexity index is 611. The predicted molar refractivity (Wildman–Crippen MR) is 81.9 cm³/mol. The molecule has 0 spiro atoms. The molecule has 5 heteroatoms. The van der Waals surface area contributed by atoms with Crippen molar-refractivity contribution in [2.24, 2.45) is 0 Å². The van der Waals surface area contributed by atoms with Crippen LogP contribution in [-0.4, -0.2) is 13.4 Å². The van der Waals surface area contributed by atoms with Crippen molar-refractivity contribution in [3.63, 3.8) is 0 Å². The zero-order valence-electron chi connectivity index (χ0n) is 10.7. The second-order valence-corrected chi connectivity index (χ2v) is 5.35. The maximum Gasteiger partial charge on any atom is 0.162 e. The molecule has 0 aromatic heterocycles. The Morgan fingerprint density at radius 3 is 2.50 bits per heavy atom. The molecule has 0 bridgehead atoms. The number of benzene rings is 2. The second kappa shape index (κ2) is 6.77. The third-order valence-electron chi connectivity index (χ3n) is 2.72. The molecule has 0 saturated carbocycles. The standard InChI is InChI=1S/C15H12BrClO3/c1-19-14-6-11(8-18)13(16)7-15(14)20-9-10-2-4-12(17)5-3-10/h2-8H,9H2,1H3. The van der Waals surface area contributed by atoms with Crippen LogP contribution in [0.1, 0.15) is 15.9 Å². The molecule has 0 aliphatic heterocycles. The summed E-state index contributed by atoms with van der Waals surface area (Å²) in [5.41, 5.74) is 1.51. The van der Waals surface area contributed by atoms with Gasteiger partial charge in [-0.2, -0.15) is 0 Å². The summed E-state index contributed by atoms with van der Waals surface area (Å²) < 4.78 is 11.6. The van der Waals surface area contributed by atoms with Crippen LogP contribution in [0.25, 0.3) is 0 Å². The quantitative estimate of drug-likeness (QED) is 0.741. The highest BCUT2D eigenvalue weighted by Crippen LogP contribution is 2.33. The lowest BCUT2D eigenvalue weighted by molar-refractivity contribution is 0.112. The first-order valence-corrected chi connectivity index (χ1v) is 7.01. The van der Waals surface area contributed by atoms with E-state index in [0.717, 1.165) is 11.8 Å². The van der Waals surface area contributed by atoms with Crippen molar-refractivity contribution in [1.82, 2.24) is 0 Å². The summed E-state index contributed by atoms with van der Waals surface area (Å²) in [4.78, 5) is 10.9. The van der Waals surface area contributed by atoms with Crippen LogP contribution in [-0.2, 0) is 6.61 Å². The van der Waals surface area contributed by atoms with Gasteiger partial charge in [0.05, 0.1) is 7.11 Å². The van der Waals surface area contributed by atoms with E-state index in [1.54, 1.807) is 12.1 Å². The van der Waals surface area contributed by atoms with E-state index in [0.29, 0.717) is 33.2 Å². The van der Waals surface area contributed by atoms with E-state index < -0.39 is 0 Å². The lowest BCUT2D eigenvalue weighted by Crippen LogP contribution is -1.99. The first-order chi connectivity index (χ1) is 9.63. The van der Waals surface area contributed by atoms with E-state index in [4.69, 9.17) is 21.1 Å². The van der Waals surface area contributed by atoms with Crippen molar-refractivity contribution < 1.29 is 14.3 Å². The molecule has 2 aromatic carbocycles. The number of ether oxygens (including phenoxy) is 2. The van der Waals surface area contributed by atoms with Gasteiger partial charge in [0.15, 0.2) is 17.8 Å². The topological polar surface area (TPSA) is 35.5 Å².